The Morgan fingerprint density at radius 1 is 1.14 bits per heavy atom. The molecule has 0 saturated heterocycles. The number of aliphatic carboxylic acids is 1. The predicted octanol–water partition coefficient (Wildman–Crippen LogP) is 3.31. The monoisotopic (exact) mass is 383 g/mol. The lowest BCUT2D eigenvalue weighted by Gasteiger charge is -2.10. The molecule has 0 radical (unpaired) electrons. The third-order valence-electron chi connectivity index (χ3n) is 3.89. The number of carbonyl (C=O) groups excluding carboxylic acids is 1. The number of hydrogen-bond donors (Lipinski definition) is 2. The molecule has 2 N–H and O–H groups in total. The number of fused-ring (bicyclic) bond motifs is 1. The number of amides is 1. The molecule has 0 bridgehead atoms. The molecule has 0 unspecified atom stereocenters. The highest BCUT2D eigenvalue weighted by Crippen LogP contribution is 2.33. The summed E-state index contributed by atoms with van der Waals surface area (Å²) in [5.74, 6) is 0.398. The summed E-state index contributed by atoms with van der Waals surface area (Å²) in [4.78, 5) is 24.0. The molecule has 0 aromatic heterocycles. The van der Waals surface area contributed by atoms with Gasteiger partial charge in [-0.25, -0.2) is 4.79 Å². The molecule has 0 atom stereocenters. The Morgan fingerprint density at radius 2 is 1.86 bits per heavy atom. The van der Waals surface area contributed by atoms with Gasteiger partial charge in [0.05, 0.1) is 6.61 Å². The molecule has 7 nitrogen and oxygen atoms in total. The number of hydrogen-bond acceptors (Lipinski definition) is 5. The molecular weight excluding hydrogens is 362 g/mol. The van der Waals surface area contributed by atoms with Crippen molar-refractivity contribution in [3.05, 3.63) is 59.3 Å². The molecule has 28 heavy (non-hydrogen) atoms. The van der Waals surface area contributed by atoms with Crippen molar-refractivity contribution in [2.45, 2.75) is 13.8 Å². The summed E-state index contributed by atoms with van der Waals surface area (Å²) >= 11 is 0. The Bertz CT molecular complexity index is 902. The van der Waals surface area contributed by atoms with E-state index in [0.29, 0.717) is 40.9 Å². The van der Waals surface area contributed by atoms with Crippen molar-refractivity contribution >= 4 is 18.0 Å². The number of rotatable bonds is 7. The summed E-state index contributed by atoms with van der Waals surface area (Å²) in [5.41, 5.74) is 0.651. The van der Waals surface area contributed by atoms with Crippen LogP contribution in [0.5, 0.6) is 17.2 Å². The molecule has 0 spiro atoms. The Hall–Kier alpha value is -3.48. The maximum absolute atomic E-state index is 12.4. The van der Waals surface area contributed by atoms with Gasteiger partial charge >= 0.3 is 5.97 Å². The fourth-order valence-corrected chi connectivity index (χ4v) is 2.48. The molecule has 1 aliphatic heterocycles. The fraction of sp³-hybridized carbons (Fsp3) is 0.238. The van der Waals surface area contributed by atoms with E-state index in [1.54, 1.807) is 42.5 Å². The van der Waals surface area contributed by atoms with Gasteiger partial charge in [-0.15, -0.1) is 0 Å². The zero-order chi connectivity index (χ0) is 20.1. The molecule has 2 aromatic rings. The topological polar surface area (TPSA) is 94.1 Å². The number of benzene rings is 2. The van der Waals surface area contributed by atoms with Crippen LogP contribution in [0.25, 0.3) is 6.08 Å². The van der Waals surface area contributed by atoms with Crippen molar-refractivity contribution in [2.24, 2.45) is 5.92 Å². The summed E-state index contributed by atoms with van der Waals surface area (Å²) in [7, 11) is 0. The van der Waals surface area contributed by atoms with Crippen LogP contribution in [0.3, 0.4) is 0 Å². The van der Waals surface area contributed by atoms with E-state index in [1.165, 1.54) is 6.08 Å². The van der Waals surface area contributed by atoms with E-state index < -0.39 is 11.9 Å². The van der Waals surface area contributed by atoms with Gasteiger partial charge in [-0.2, -0.15) is 0 Å². The average Bonchev–Trinajstić information content (AvgIpc) is 3.14. The number of carboxylic acids is 1. The second-order valence-electron chi connectivity index (χ2n) is 6.66. The minimum absolute atomic E-state index is 0.127. The summed E-state index contributed by atoms with van der Waals surface area (Å²) in [6.45, 7) is 4.79. The molecule has 0 fully saturated rings. The van der Waals surface area contributed by atoms with Gasteiger partial charge in [0.15, 0.2) is 11.5 Å². The normalized spacial score (nSPS) is 12.8. The highest BCUT2D eigenvalue weighted by Gasteiger charge is 2.16. The Kier molecular flexibility index (Phi) is 5.84. The Morgan fingerprint density at radius 3 is 2.54 bits per heavy atom. The minimum Gasteiger partial charge on any atom is -0.493 e. The quantitative estimate of drug-likeness (QED) is 0.713. The largest absolute Gasteiger partial charge is 0.493 e. The smallest absolute Gasteiger partial charge is 0.352 e. The van der Waals surface area contributed by atoms with Crippen LogP contribution in [-0.4, -0.2) is 30.4 Å². The minimum atomic E-state index is -1.25. The summed E-state index contributed by atoms with van der Waals surface area (Å²) < 4.78 is 16.1. The first kappa shape index (κ1) is 19.3. The standard InChI is InChI=1S/C21H21NO6/c1-13(2)11-26-16-6-4-15(5-7-16)20(23)22-17(21(24)25)9-14-3-8-18-19(10-14)28-12-27-18/h3-10,13H,11-12H2,1-2H3,(H,22,23)(H,24,25)/b17-9+. The molecule has 0 aliphatic carbocycles. The molecule has 2 aromatic carbocycles. The maximum atomic E-state index is 12.4. The van der Waals surface area contributed by atoms with Crippen LogP contribution in [0.4, 0.5) is 0 Å². The lowest BCUT2D eigenvalue weighted by molar-refractivity contribution is -0.132. The van der Waals surface area contributed by atoms with Crippen LogP contribution < -0.4 is 19.5 Å². The van der Waals surface area contributed by atoms with Crippen LogP contribution in [0.1, 0.15) is 29.8 Å². The third kappa shape index (κ3) is 4.82. The average molecular weight is 383 g/mol. The highest BCUT2D eigenvalue weighted by atomic mass is 16.7. The van der Waals surface area contributed by atoms with Crippen LogP contribution in [0.15, 0.2) is 48.2 Å². The number of nitrogens with one attached hydrogen (secondary N) is 1. The second kappa shape index (κ2) is 8.47. The summed E-state index contributed by atoms with van der Waals surface area (Å²) in [5, 5.41) is 11.9. The fourth-order valence-electron chi connectivity index (χ4n) is 2.48. The van der Waals surface area contributed by atoms with Crippen LogP contribution >= 0.6 is 0 Å². The van der Waals surface area contributed by atoms with E-state index in [9.17, 15) is 14.7 Å². The molecule has 146 valence electrons. The first-order chi connectivity index (χ1) is 13.4. The third-order valence-corrected chi connectivity index (χ3v) is 3.89. The van der Waals surface area contributed by atoms with Crippen molar-refractivity contribution in [3.8, 4) is 17.2 Å². The van der Waals surface area contributed by atoms with Gasteiger partial charge < -0.3 is 24.6 Å². The van der Waals surface area contributed by atoms with E-state index in [4.69, 9.17) is 14.2 Å². The van der Waals surface area contributed by atoms with Crippen LogP contribution in [-0.2, 0) is 4.79 Å². The summed E-state index contributed by atoms with van der Waals surface area (Å²) in [6, 6.07) is 11.6. The second-order valence-corrected chi connectivity index (χ2v) is 6.66. The maximum Gasteiger partial charge on any atom is 0.352 e. The van der Waals surface area contributed by atoms with Crippen molar-refractivity contribution in [2.75, 3.05) is 13.4 Å². The first-order valence-corrected chi connectivity index (χ1v) is 8.81. The van der Waals surface area contributed by atoms with Crippen LogP contribution in [0, 0.1) is 5.92 Å². The lowest BCUT2D eigenvalue weighted by atomic mass is 10.1. The molecule has 3 rings (SSSR count). The molecule has 1 aliphatic rings. The summed E-state index contributed by atoms with van der Waals surface area (Å²) in [6.07, 6.45) is 1.36. The van der Waals surface area contributed by atoms with Gasteiger partial charge in [-0.3, -0.25) is 4.79 Å². The van der Waals surface area contributed by atoms with Gasteiger partial charge in [-0.05, 0) is 54.0 Å². The molecule has 1 amide bonds. The number of carbonyl (C=O) groups is 2. The van der Waals surface area contributed by atoms with Crippen molar-refractivity contribution in [1.29, 1.82) is 0 Å². The molecule has 1 heterocycles. The van der Waals surface area contributed by atoms with E-state index in [-0.39, 0.29) is 12.5 Å². The highest BCUT2D eigenvalue weighted by molar-refractivity contribution is 6.02. The molecule has 0 saturated carbocycles. The predicted molar refractivity (Wildman–Crippen MR) is 102 cm³/mol. The SMILES string of the molecule is CC(C)COc1ccc(C(=O)N/C(=C/c2ccc3c(c2)OCO3)C(=O)O)cc1. The van der Waals surface area contributed by atoms with Crippen molar-refractivity contribution in [1.82, 2.24) is 5.32 Å². The Balaban J connectivity index is 1.71. The van der Waals surface area contributed by atoms with E-state index >= 15 is 0 Å². The van der Waals surface area contributed by atoms with E-state index in [2.05, 4.69) is 5.32 Å². The van der Waals surface area contributed by atoms with E-state index in [0.717, 1.165) is 0 Å². The van der Waals surface area contributed by atoms with Gasteiger partial charge in [-0.1, -0.05) is 19.9 Å². The van der Waals surface area contributed by atoms with Gasteiger partial charge in [0.25, 0.3) is 5.91 Å². The van der Waals surface area contributed by atoms with Gasteiger partial charge in [0.1, 0.15) is 11.4 Å². The lowest BCUT2D eigenvalue weighted by Crippen LogP contribution is -2.27. The molecule has 7 heteroatoms. The zero-order valence-corrected chi connectivity index (χ0v) is 15.6. The molecular formula is C21H21NO6. The van der Waals surface area contributed by atoms with E-state index in [1.807, 2.05) is 13.8 Å². The number of carboxylic acid groups (broad SMARTS) is 1. The zero-order valence-electron chi connectivity index (χ0n) is 15.6. The van der Waals surface area contributed by atoms with Gasteiger partial charge in [0, 0.05) is 5.56 Å². The van der Waals surface area contributed by atoms with Crippen molar-refractivity contribution < 1.29 is 28.9 Å². The van der Waals surface area contributed by atoms with Crippen LogP contribution in [0.2, 0.25) is 0 Å². The van der Waals surface area contributed by atoms with Gasteiger partial charge in [0.2, 0.25) is 6.79 Å². The first-order valence-electron chi connectivity index (χ1n) is 8.81. The van der Waals surface area contributed by atoms with Crippen molar-refractivity contribution in [3.63, 3.8) is 0 Å². The number of ether oxygens (including phenoxy) is 3. The Labute approximate surface area is 162 Å².